The maximum Gasteiger partial charge on any atom is 0.153 e. The van der Waals surface area contributed by atoms with Gasteiger partial charge in [0, 0.05) is 106 Å². The van der Waals surface area contributed by atoms with E-state index >= 15 is 0 Å². The number of benzene rings is 2. The summed E-state index contributed by atoms with van der Waals surface area (Å²) in [6, 6.07) is 22.5. The first-order valence-corrected chi connectivity index (χ1v) is 25.1. The van der Waals surface area contributed by atoms with E-state index in [-0.39, 0.29) is 0 Å². The van der Waals surface area contributed by atoms with Gasteiger partial charge in [0.1, 0.15) is 46.4 Å². The quantitative estimate of drug-likeness (QED) is 0.160. The summed E-state index contributed by atoms with van der Waals surface area (Å²) in [5.41, 5.74) is 16.0. The standard InChI is InChI=1S/C18H23N5O2.C18H23N5O.C16H21N5O2/c1-22-17-15(12-19-22)18(23-6-8-25-9-7-23)21-16(20-17)11-13-4-3-5-14(10-13)24-2;1-22-17-15(13-19-22)18(23-9-11-24-12-10-23)21-16(20-17)8-7-14-5-3-2-4-6-14;1-20-15-13(11-17-20)16(21-6-9-22-10-7-21)19-14(18-15)5-4-12-3-2-8-23-12/h3-5,10,19H,6-9,11-12H2,1-2H3;2-6,19H,7-13H2,1H3;2-3,8,17H,4-7,9-11H2,1H3. The van der Waals surface area contributed by atoms with Gasteiger partial charge in [-0.05, 0) is 41.8 Å². The van der Waals surface area contributed by atoms with Crippen molar-refractivity contribution in [1.82, 2.24) is 46.2 Å². The molecule has 0 unspecified atom stereocenters. The van der Waals surface area contributed by atoms with Crippen molar-refractivity contribution in [2.24, 2.45) is 0 Å². The zero-order valence-corrected chi connectivity index (χ0v) is 42.0. The molecule has 0 saturated carbocycles. The lowest BCUT2D eigenvalue weighted by molar-refractivity contribution is 0.122. The van der Waals surface area contributed by atoms with Crippen LogP contribution in [0.15, 0.2) is 77.4 Å². The summed E-state index contributed by atoms with van der Waals surface area (Å²) < 4.78 is 27.2. The van der Waals surface area contributed by atoms with Crippen molar-refractivity contribution in [3.05, 3.63) is 124 Å². The lowest BCUT2D eigenvalue weighted by Crippen LogP contribution is -2.37. The number of hydrazine groups is 3. The second-order valence-corrected chi connectivity index (χ2v) is 18.4. The van der Waals surface area contributed by atoms with Gasteiger partial charge < -0.3 is 38.1 Å². The molecule has 0 atom stereocenters. The van der Waals surface area contributed by atoms with E-state index in [1.54, 1.807) is 13.4 Å². The van der Waals surface area contributed by atoms with Gasteiger partial charge in [-0.2, -0.15) is 0 Å². The molecule has 6 aromatic rings. The van der Waals surface area contributed by atoms with Gasteiger partial charge in [0.2, 0.25) is 0 Å². The van der Waals surface area contributed by atoms with Crippen molar-refractivity contribution >= 4 is 34.9 Å². The molecule has 4 aromatic heterocycles. The molecule has 0 aliphatic carbocycles. The van der Waals surface area contributed by atoms with Gasteiger partial charge in [-0.15, -0.1) is 0 Å². The van der Waals surface area contributed by atoms with Gasteiger partial charge in [0.15, 0.2) is 17.5 Å². The van der Waals surface area contributed by atoms with E-state index in [0.29, 0.717) is 6.42 Å². The Balaban J connectivity index is 0.000000124. The molecule has 6 aliphatic heterocycles. The fourth-order valence-electron chi connectivity index (χ4n) is 9.61. The van der Waals surface area contributed by atoms with E-state index in [1.807, 2.05) is 72.6 Å². The summed E-state index contributed by atoms with van der Waals surface area (Å²) in [7, 11) is 7.70. The molecule has 6 aliphatic rings. The van der Waals surface area contributed by atoms with Crippen molar-refractivity contribution in [2.45, 2.75) is 51.7 Å². The van der Waals surface area contributed by atoms with E-state index in [0.717, 1.165) is 194 Å². The number of ether oxygens (including phenoxy) is 4. The molecule has 72 heavy (non-hydrogen) atoms. The molecule has 0 radical (unpaired) electrons. The Hall–Kier alpha value is -6.68. The molecule has 0 bridgehead atoms. The predicted octanol–water partition coefficient (Wildman–Crippen LogP) is 4.07. The molecule has 2 aromatic carbocycles. The normalized spacial score (nSPS) is 17.2. The Morgan fingerprint density at radius 1 is 0.472 bits per heavy atom. The van der Waals surface area contributed by atoms with E-state index in [4.69, 9.17) is 53.3 Å². The minimum Gasteiger partial charge on any atom is -0.497 e. The van der Waals surface area contributed by atoms with Gasteiger partial charge in [-0.1, -0.05) is 42.5 Å². The monoisotopic (exact) mass is 982 g/mol. The third-order valence-corrected chi connectivity index (χ3v) is 13.5. The summed E-state index contributed by atoms with van der Waals surface area (Å²) in [6.45, 7) is 12.1. The number of anilines is 6. The molecule has 3 saturated heterocycles. The molecule has 10 heterocycles. The van der Waals surface area contributed by atoms with E-state index in [2.05, 4.69) is 61.3 Å². The number of fused-ring (bicyclic) bond motifs is 3. The van der Waals surface area contributed by atoms with Crippen LogP contribution in [0.25, 0.3) is 0 Å². The van der Waals surface area contributed by atoms with Gasteiger partial charge in [0.05, 0.1) is 69.7 Å². The molecule has 3 fully saturated rings. The van der Waals surface area contributed by atoms with E-state index in [1.165, 1.54) is 22.3 Å². The first kappa shape index (κ1) is 48.9. The minimum atomic E-state index is 0.676. The first-order valence-electron chi connectivity index (χ1n) is 25.1. The molecular weight excluding hydrogens is 915 g/mol. The van der Waals surface area contributed by atoms with Crippen LogP contribution in [-0.4, -0.2) is 137 Å². The average molecular weight is 982 g/mol. The molecule has 3 N–H and O–H groups in total. The van der Waals surface area contributed by atoms with Crippen molar-refractivity contribution in [3.63, 3.8) is 0 Å². The number of hydrogen-bond donors (Lipinski definition) is 3. The lowest BCUT2D eigenvalue weighted by atomic mass is 10.1. The maximum atomic E-state index is 5.49. The summed E-state index contributed by atoms with van der Waals surface area (Å²) in [5, 5.41) is 5.97. The Labute approximate surface area is 421 Å². The van der Waals surface area contributed by atoms with Crippen LogP contribution in [0.2, 0.25) is 0 Å². The smallest absolute Gasteiger partial charge is 0.153 e. The third kappa shape index (κ3) is 11.6. The predicted molar refractivity (Wildman–Crippen MR) is 277 cm³/mol. The first-order chi connectivity index (χ1) is 35.4. The second kappa shape index (κ2) is 23.2. The fraction of sp³-hybridized carbons (Fsp3) is 0.462. The Morgan fingerprint density at radius 2 is 0.917 bits per heavy atom. The van der Waals surface area contributed by atoms with E-state index in [9.17, 15) is 0 Å². The maximum absolute atomic E-state index is 5.49. The molecular formula is C52H67N15O5. The van der Waals surface area contributed by atoms with Crippen LogP contribution in [0.5, 0.6) is 5.75 Å². The summed E-state index contributed by atoms with van der Waals surface area (Å²) in [4.78, 5) is 35.9. The number of furan rings is 1. The number of aryl methyl sites for hydroxylation is 4. The van der Waals surface area contributed by atoms with Crippen LogP contribution in [0, 0.1) is 0 Å². The highest BCUT2D eigenvalue weighted by Crippen LogP contribution is 2.34. The molecule has 20 heteroatoms. The van der Waals surface area contributed by atoms with Crippen LogP contribution in [-0.2, 0) is 65.9 Å². The second-order valence-electron chi connectivity index (χ2n) is 18.4. The number of rotatable bonds is 12. The number of nitrogens with one attached hydrogen (secondary N) is 3. The summed E-state index contributed by atoms with van der Waals surface area (Å²) in [5.74, 6) is 10.5. The van der Waals surface area contributed by atoms with Crippen LogP contribution in [0.4, 0.5) is 34.9 Å². The lowest BCUT2D eigenvalue weighted by Gasteiger charge is -2.29. The van der Waals surface area contributed by atoms with Crippen molar-refractivity contribution in [1.29, 1.82) is 0 Å². The van der Waals surface area contributed by atoms with E-state index < -0.39 is 0 Å². The summed E-state index contributed by atoms with van der Waals surface area (Å²) in [6.07, 6.45) is 5.77. The SMILES string of the molecule is CN1NCc2c(N3CCOCC3)nc(CCc3ccccc3)nc21.CN1NCc2c(N3CCOCC3)nc(CCc3ccco3)nc21.COc1cccc(Cc2nc(N3CCOCC3)c3c(n2)N(C)NC3)c1. The number of methoxy groups -OCH3 is 1. The Bertz CT molecular complexity index is 2710. The molecule has 12 rings (SSSR count). The van der Waals surface area contributed by atoms with Gasteiger partial charge in [0.25, 0.3) is 0 Å². The van der Waals surface area contributed by atoms with Crippen LogP contribution in [0.3, 0.4) is 0 Å². The zero-order chi connectivity index (χ0) is 49.2. The van der Waals surface area contributed by atoms with Crippen LogP contribution >= 0.6 is 0 Å². The highest BCUT2D eigenvalue weighted by atomic mass is 16.5. The third-order valence-electron chi connectivity index (χ3n) is 13.5. The van der Waals surface area contributed by atoms with Gasteiger partial charge in [-0.3, -0.25) is 15.0 Å². The highest BCUT2D eigenvalue weighted by molar-refractivity contribution is 5.65. The number of aromatic nitrogens is 6. The number of morpholine rings is 3. The Morgan fingerprint density at radius 3 is 1.39 bits per heavy atom. The fourth-order valence-corrected chi connectivity index (χ4v) is 9.61. The molecule has 0 spiro atoms. The van der Waals surface area contributed by atoms with Gasteiger partial charge in [-0.25, -0.2) is 46.2 Å². The number of hydrogen-bond acceptors (Lipinski definition) is 20. The van der Waals surface area contributed by atoms with Crippen LogP contribution < -0.4 is 50.7 Å². The number of nitrogens with zero attached hydrogens (tertiary/aromatic N) is 12. The molecule has 380 valence electrons. The van der Waals surface area contributed by atoms with Crippen molar-refractivity contribution in [2.75, 3.05) is 137 Å². The molecule has 20 nitrogen and oxygen atoms in total. The average Bonchev–Trinajstić information content (AvgIpc) is 4.27. The van der Waals surface area contributed by atoms with Gasteiger partial charge >= 0.3 is 0 Å². The van der Waals surface area contributed by atoms with Crippen molar-refractivity contribution in [3.8, 4) is 5.75 Å². The largest absolute Gasteiger partial charge is 0.497 e. The minimum absolute atomic E-state index is 0.676. The zero-order valence-electron chi connectivity index (χ0n) is 42.0. The molecule has 0 amide bonds. The van der Waals surface area contributed by atoms with Crippen LogP contribution in [0.1, 0.15) is 51.1 Å². The summed E-state index contributed by atoms with van der Waals surface area (Å²) >= 11 is 0. The Kier molecular flexibility index (Phi) is 15.8. The highest BCUT2D eigenvalue weighted by Gasteiger charge is 2.30. The van der Waals surface area contributed by atoms with Crippen molar-refractivity contribution < 1.29 is 23.4 Å². The topological polar surface area (TPSA) is 183 Å².